The van der Waals surface area contributed by atoms with Crippen molar-refractivity contribution in [2.45, 2.75) is 45.8 Å². The molecule has 1 aromatic rings. The first-order valence-electron chi connectivity index (χ1n) is 7.26. The number of nitrogens with one attached hydrogen (secondary N) is 2. The summed E-state index contributed by atoms with van der Waals surface area (Å²) in [6.45, 7) is 10.6. The van der Waals surface area contributed by atoms with Gasteiger partial charge in [-0.3, -0.25) is 4.79 Å². The van der Waals surface area contributed by atoms with Crippen molar-refractivity contribution < 1.29 is 4.79 Å². The number of anilines is 1. The van der Waals surface area contributed by atoms with Crippen LogP contribution in [0.4, 0.5) is 5.69 Å². The molecule has 0 fully saturated rings. The Hall–Kier alpha value is -1.55. The number of amides is 1. The van der Waals surface area contributed by atoms with E-state index in [4.69, 9.17) is 0 Å². The second kappa shape index (κ2) is 5.83. The number of rotatable bonds is 2. The van der Waals surface area contributed by atoms with Gasteiger partial charge in [0.15, 0.2) is 0 Å². The van der Waals surface area contributed by atoms with Gasteiger partial charge in [0.2, 0.25) is 5.91 Å². The SMILES string of the molecule is CC(C(=O)NC(C)(C)C)N1CCNCc2ccccc21. The molecule has 1 heterocycles. The Morgan fingerprint density at radius 3 is 2.75 bits per heavy atom. The van der Waals surface area contributed by atoms with E-state index < -0.39 is 0 Å². The molecule has 1 aromatic carbocycles. The minimum atomic E-state index is -0.199. The van der Waals surface area contributed by atoms with Crippen LogP contribution >= 0.6 is 0 Å². The second-order valence-corrected chi connectivity index (χ2v) is 6.41. The number of carbonyl (C=O) groups excluding carboxylic acids is 1. The van der Waals surface area contributed by atoms with E-state index in [-0.39, 0.29) is 17.5 Å². The summed E-state index contributed by atoms with van der Waals surface area (Å²) in [6, 6.07) is 8.13. The molecule has 1 amide bonds. The van der Waals surface area contributed by atoms with Crippen LogP contribution in [0.3, 0.4) is 0 Å². The lowest BCUT2D eigenvalue weighted by molar-refractivity contribution is -0.123. The topological polar surface area (TPSA) is 44.4 Å². The van der Waals surface area contributed by atoms with Crippen LogP contribution in [0.2, 0.25) is 0 Å². The van der Waals surface area contributed by atoms with Gasteiger partial charge in [-0.05, 0) is 39.3 Å². The van der Waals surface area contributed by atoms with Gasteiger partial charge in [-0.25, -0.2) is 0 Å². The zero-order valence-corrected chi connectivity index (χ0v) is 12.9. The molecule has 0 saturated carbocycles. The van der Waals surface area contributed by atoms with Gasteiger partial charge < -0.3 is 15.5 Å². The van der Waals surface area contributed by atoms with Crippen LogP contribution in [-0.2, 0) is 11.3 Å². The van der Waals surface area contributed by atoms with Gasteiger partial charge in [0.05, 0.1) is 0 Å². The molecule has 0 aromatic heterocycles. The zero-order valence-electron chi connectivity index (χ0n) is 12.9. The number of nitrogens with zero attached hydrogens (tertiary/aromatic N) is 1. The molecule has 0 spiro atoms. The maximum atomic E-state index is 12.4. The molecule has 0 bridgehead atoms. The van der Waals surface area contributed by atoms with Crippen LogP contribution in [0, 0.1) is 0 Å². The van der Waals surface area contributed by atoms with Gasteiger partial charge >= 0.3 is 0 Å². The van der Waals surface area contributed by atoms with E-state index in [1.807, 2.05) is 39.8 Å². The summed E-state index contributed by atoms with van der Waals surface area (Å²) in [5.41, 5.74) is 2.21. The maximum Gasteiger partial charge on any atom is 0.242 e. The van der Waals surface area contributed by atoms with E-state index in [9.17, 15) is 4.79 Å². The van der Waals surface area contributed by atoms with Crippen molar-refractivity contribution in [1.29, 1.82) is 0 Å². The molecule has 0 saturated heterocycles. The molecule has 4 nitrogen and oxygen atoms in total. The first-order chi connectivity index (χ1) is 9.38. The summed E-state index contributed by atoms with van der Waals surface area (Å²) in [5, 5.41) is 6.47. The molecule has 4 heteroatoms. The van der Waals surface area contributed by atoms with Gasteiger partial charge in [0.1, 0.15) is 6.04 Å². The van der Waals surface area contributed by atoms with Crippen molar-refractivity contribution in [2.75, 3.05) is 18.0 Å². The highest BCUT2D eigenvalue weighted by molar-refractivity contribution is 5.85. The first-order valence-corrected chi connectivity index (χ1v) is 7.26. The molecule has 1 aliphatic rings. The van der Waals surface area contributed by atoms with Gasteiger partial charge in [-0.15, -0.1) is 0 Å². The van der Waals surface area contributed by atoms with Crippen molar-refractivity contribution in [1.82, 2.24) is 10.6 Å². The fourth-order valence-corrected chi connectivity index (χ4v) is 2.50. The number of hydrogen-bond donors (Lipinski definition) is 2. The van der Waals surface area contributed by atoms with Crippen molar-refractivity contribution in [3.63, 3.8) is 0 Å². The van der Waals surface area contributed by atoms with E-state index in [1.54, 1.807) is 0 Å². The monoisotopic (exact) mass is 275 g/mol. The minimum Gasteiger partial charge on any atom is -0.358 e. The quantitative estimate of drug-likeness (QED) is 0.866. The highest BCUT2D eigenvalue weighted by Gasteiger charge is 2.26. The molecule has 2 rings (SSSR count). The number of para-hydroxylation sites is 1. The molecule has 0 radical (unpaired) electrons. The summed E-state index contributed by atoms with van der Waals surface area (Å²) in [4.78, 5) is 14.6. The van der Waals surface area contributed by atoms with Gasteiger partial charge in [-0.1, -0.05) is 18.2 Å². The third-order valence-corrected chi connectivity index (χ3v) is 3.49. The first kappa shape index (κ1) is 14.9. The summed E-state index contributed by atoms with van der Waals surface area (Å²) in [5.74, 6) is 0.0780. The van der Waals surface area contributed by atoms with E-state index in [0.29, 0.717) is 0 Å². The fourth-order valence-electron chi connectivity index (χ4n) is 2.50. The van der Waals surface area contributed by atoms with Crippen molar-refractivity contribution in [2.24, 2.45) is 0 Å². The second-order valence-electron chi connectivity index (χ2n) is 6.41. The Morgan fingerprint density at radius 1 is 1.35 bits per heavy atom. The third kappa shape index (κ3) is 3.51. The summed E-state index contributed by atoms with van der Waals surface area (Å²) >= 11 is 0. The van der Waals surface area contributed by atoms with Crippen LogP contribution < -0.4 is 15.5 Å². The lowest BCUT2D eigenvalue weighted by atomic mass is 10.1. The largest absolute Gasteiger partial charge is 0.358 e. The summed E-state index contributed by atoms with van der Waals surface area (Å²) < 4.78 is 0. The predicted molar refractivity (Wildman–Crippen MR) is 82.9 cm³/mol. The molecule has 1 aliphatic heterocycles. The van der Waals surface area contributed by atoms with Crippen molar-refractivity contribution in [3.8, 4) is 0 Å². The lowest BCUT2D eigenvalue weighted by Gasteiger charge is -2.32. The van der Waals surface area contributed by atoms with E-state index in [2.05, 4.69) is 27.7 Å². The Labute approximate surface area is 121 Å². The highest BCUT2D eigenvalue weighted by Crippen LogP contribution is 2.24. The van der Waals surface area contributed by atoms with Gasteiger partial charge in [0, 0.05) is 30.9 Å². The average Bonchev–Trinajstić information content (AvgIpc) is 2.58. The van der Waals surface area contributed by atoms with Gasteiger partial charge in [0.25, 0.3) is 0 Å². The standard InChI is InChI=1S/C16H25N3O/c1-12(15(20)18-16(2,3)4)19-10-9-17-11-13-7-5-6-8-14(13)19/h5-8,12,17H,9-11H2,1-4H3,(H,18,20). The van der Waals surface area contributed by atoms with E-state index >= 15 is 0 Å². The van der Waals surface area contributed by atoms with E-state index in [0.717, 1.165) is 25.3 Å². The van der Waals surface area contributed by atoms with Crippen molar-refractivity contribution in [3.05, 3.63) is 29.8 Å². The van der Waals surface area contributed by atoms with E-state index in [1.165, 1.54) is 5.56 Å². The number of benzene rings is 1. The normalized spacial score (nSPS) is 17.1. The molecule has 1 unspecified atom stereocenters. The Kier molecular flexibility index (Phi) is 4.33. The fraction of sp³-hybridized carbons (Fsp3) is 0.562. The molecule has 0 aliphatic carbocycles. The number of hydrogen-bond acceptors (Lipinski definition) is 3. The smallest absolute Gasteiger partial charge is 0.242 e. The molecule has 20 heavy (non-hydrogen) atoms. The molecule has 110 valence electrons. The van der Waals surface area contributed by atoms with Crippen LogP contribution in [0.5, 0.6) is 0 Å². The minimum absolute atomic E-state index is 0.0780. The molecule has 1 atom stereocenters. The molecular formula is C16H25N3O. The Balaban J connectivity index is 2.21. The van der Waals surface area contributed by atoms with Crippen LogP contribution in [0.1, 0.15) is 33.3 Å². The van der Waals surface area contributed by atoms with Gasteiger partial charge in [-0.2, -0.15) is 0 Å². The third-order valence-electron chi connectivity index (χ3n) is 3.49. The Morgan fingerprint density at radius 2 is 2.05 bits per heavy atom. The summed E-state index contributed by atoms with van der Waals surface area (Å²) in [6.07, 6.45) is 0. The molecule has 2 N–H and O–H groups in total. The molecular weight excluding hydrogens is 250 g/mol. The predicted octanol–water partition coefficient (Wildman–Crippen LogP) is 1.90. The van der Waals surface area contributed by atoms with Crippen LogP contribution in [0.15, 0.2) is 24.3 Å². The van der Waals surface area contributed by atoms with Crippen molar-refractivity contribution >= 4 is 11.6 Å². The Bertz CT molecular complexity index is 479. The summed E-state index contributed by atoms with van der Waals surface area (Å²) in [7, 11) is 0. The highest BCUT2D eigenvalue weighted by atomic mass is 16.2. The lowest BCUT2D eigenvalue weighted by Crippen LogP contribution is -2.52. The van der Waals surface area contributed by atoms with Crippen LogP contribution in [0.25, 0.3) is 0 Å². The number of fused-ring (bicyclic) bond motifs is 1. The maximum absolute atomic E-state index is 12.4. The average molecular weight is 275 g/mol. The number of carbonyl (C=O) groups is 1. The van der Waals surface area contributed by atoms with Crippen LogP contribution in [-0.4, -0.2) is 30.6 Å². The zero-order chi connectivity index (χ0) is 14.8.